The lowest BCUT2D eigenvalue weighted by atomic mass is 9.96. The van der Waals surface area contributed by atoms with Crippen LogP contribution in [0.15, 0.2) is 0 Å². The fourth-order valence-corrected chi connectivity index (χ4v) is 1.95. The van der Waals surface area contributed by atoms with Crippen LogP contribution in [0.3, 0.4) is 0 Å². The number of hydrogen-bond acceptors (Lipinski definition) is 2. The summed E-state index contributed by atoms with van der Waals surface area (Å²) in [6.45, 7) is 2.11. The van der Waals surface area contributed by atoms with Crippen LogP contribution in [0.5, 0.6) is 0 Å². The molecule has 0 radical (unpaired) electrons. The van der Waals surface area contributed by atoms with E-state index in [0.29, 0.717) is 5.69 Å². The first-order chi connectivity index (χ1) is 6.19. The standard InChI is InChI=1S/C9H14FN3/c1-2-3-9(4-5-9)7-6(10)8(11)13-12-7/h2-5H2,1H3,(H3,11,12,13). The molecule has 13 heavy (non-hydrogen) atoms. The minimum atomic E-state index is -0.342. The number of nitrogens with two attached hydrogens (primary N) is 1. The van der Waals surface area contributed by atoms with E-state index in [9.17, 15) is 4.39 Å². The fourth-order valence-electron chi connectivity index (χ4n) is 1.95. The molecule has 2 rings (SSSR count). The Kier molecular flexibility index (Phi) is 1.78. The predicted molar refractivity (Wildman–Crippen MR) is 48.8 cm³/mol. The molecule has 1 aromatic heterocycles. The molecule has 1 aliphatic carbocycles. The van der Waals surface area contributed by atoms with Gasteiger partial charge >= 0.3 is 0 Å². The molecule has 1 aromatic rings. The van der Waals surface area contributed by atoms with Crippen molar-refractivity contribution in [3.05, 3.63) is 11.5 Å². The van der Waals surface area contributed by atoms with Crippen LogP contribution in [0.2, 0.25) is 0 Å². The lowest BCUT2D eigenvalue weighted by Crippen LogP contribution is -2.08. The van der Waals surface area contributed by atoms with Crippen molar-refractivity contribution < 1.29 is 4.39 Å². The molecule has 0 aliphatic heterocycles. The van der Waals surface area contributed by atoms with Gasteiger partial charge in [0.2, 0.25) is 0 Å². The van der Waals surface area contributed by atoms with Crippen molar-refractivity contribution >= 4 is 5.82 Å². The van der Waals surface area contributed by atoms with Gasteiger partial charge in [0.15, 0.2) is 11.6 Å². The third-order valence-corrected chi connectivity index (χ3v) is 2.84. The highest BCUT2D eigenvalue weighted by Crippen LogP contribution is 2.52. The fraction of sp³-hybridized carbons (Fsp3) is 0.667. The Bertz CT molecular complexity index is 315. The van der Waals surface area contributed by atoms with E-state index in [4.69, 9.17) is 5.73 Å². The minimum absolute atomic E-state index is 0.00243. The normalized spacial score (nSPS) is 18.9. The molecule has 0 unspecified atom stereocenters. The summed E-state index contributed by atoms with van der Waals surface area (Å²) in [6.07, 6.45) is 4.20. The number of halogens is 1. The number of aromatic amines is 1. The van der Waals surface area contributed by atoms with Crippen molar-refractivity contribution in [3.8, 4) is 0 Å². The molecule has 0 aromatic carbocycles. The molecule has 0 saturated heterocycles. The van der Waals surface area contributed by atoms with E-state index in [1.165, 1.54) is 0 Å². The van der Waals surface area contributed by atoms with Crippen molar-refractivity contribution in [2.24, 2.45) is 0 Å². The molecule has 0 bridgehead atoms. The quantitative estimate of drug-likeness (QED) is 0.752. The molecule has 0 amide bonds. The molecule has 0 spiro atoms. The highest BCUT2D eigenvalue weighted by atomic mass is 19.1. The van der Waals surface area contributed by atoms with Crippen LogP contribution in [0.1, 0.15) is 38.3 Å². The Morgan fingerprint density at radius 1 is 1.62 bits per heavy atom. The Morgan fingerprint density at radius 2 is 2.31 bits per heavy atom. The van der Waals surface area contributed by atoms with Crippen LogP contribution in [0.4, 0.5) is 10.2 Å². The van der Waals surface area contributed by atoms with Gasteiger partial charge in [-0.25, -0.2) is 4.39 Å². The van der Waals surface area contributed by atoms with Gasteiger partial charge in [-0.05, 0) is 19.3 Å². The van der Waals surface area contributed by atoms with Gasteiger partial charge in [0.05, 0.1) is 5.69 Å². The second-order valence-electron chi connectivity index (χ2n) is 3.83. The van der Waals surface area contributed by atoms with E-state index < -0.39 is 0 Å². The Hall–Kier alpha value is -1.06. The average molecular weight is 183 g/mol. The first-order valence-corrected chi connectivity index (χ1v) is 4.69. The summed E-state index contributed by atoms with van der Waals surface area (Å²) in [7, 11) is 0. The molecule has 3 nitrogen and oxygen atoms in total. The van der Waals surface area contributed by atoms with Gasteiger partial charge in [-0.1, -0.05) is 13.3 Å². The number of nitrogens with zero attached hydrogens (tertiary/aromatic N) is 1. The van der Waals surface area contributed by atoms with Gasteiger partial charge < -0.3 is 5.73 Å². The smallest absolute Gasteiger partial charge is 0.188 e. The summed E-state index contributed by atoms with van der Waals surface area (Å²) >= 11 is 0. The van der Waals surface area contributed by atoms with E-state index >= 15 is 0 Å². The summed E-state index contributed by atoms with van der Waals surface area (Å²) in [4.78, 5) is 0. The number of aromatic nitrogens is 2. The predicted octanol–water partition coefficient (Wildman–Crippen LogP) is 1.96. The van der Waals surface area contributed by atoms with Gasteiger partial charge in [-0.2, -0.15) is 5.10 Å². The van der Waals surface area contributed by atoms with E-state index in [2.05, 4.69) is 17.1 Å². The van der Waals surface area contributed by atoms with Gasteiger partial charge in [0.25, 0.3) is 0 Å². The average Bonchev–Trinajstić information content (AvgIpc) is 2.79. The summed E-state index contributed by atoms with van der Waals surface area (Å²) < 4.78 is 13.4. The van der Waals surface area contributed by atoms with E-state index in [1.807, 2.05) is 0 Å². The molecule has 3 N–H and O–H groups in total. The third-order valence-electron chi connectivity index (χ3n) is 2.84. The number of rotatable bonds is 3. The van der Waals surface area contributed by atoms with Crippen LogP contribution in [-0.4, -0.2) is 10.2 Å². The van der Waals surface area contributed by atoms with Crippen LogP contribution < -0.4 is 5.73 Å². The maximum atomic E-state index is 13.4. The summed E-state index contributed by atoms with van der Waals surface area (Å²) in [5, 5.41) is 6.39. The maximum absolute atomic E-state index is 13.4. The highest BCUT2D eigenvalue weighted by Gasteiger charge is 2.46. The van der Waals surface area contributed by atoms with E-state index in [0.717, 1.165) is 25.7 Å². The number of hydrogen-bond donors (Lipinski definition) is 2. The Labute approximate surface area is 76.5 Å². The molecular formula is C9H14FN3. The number of H-pyrrole nitrogens is 1. The summed E-state index contributed by atoms with van der Waals surface area (Å²) in [5.74, 6) is -0.344. The number of nitrogens with one attached hydrogen (secondary N) is 1. The van der Waals surface area contributed by atoms with Crippen LogP contribution >= 0.6 is 0 Å². The minimum Gasteiger partial charge on any atom is -0.380 e. The zero-order valence-corrected chi connectivity index (χ0v) is 7.73. The molecule has 1 saturated carbocycles. The van der Waals surface area contributed by atoms with E-state index in [1.54, 1.807) is 0 Å². The van der Waals surface area contributed by atoms with Crippen LogP contribution in [0, 0.1) is 5.82 Å². The summed E-state index contributed by atoms with van der Waals surface area (Å²) in [5.41, 5.74) is 5.99. The maximum Gasteiger partial charge on any atom is 0.188 e. The number of anilines is 1. The van der Waals surface area contributed by atoms with Gasteiger partial charge in [0.1, 0.15) is 0 Å². The first-order valence-electron chi connectivity index (χ1n) is 4.69. The molecule has 1 heterocycles. The molecular weight excluding hydrogens is 169 g/mol. The third kappa shape index (κ3) is 1.20. The number of nitrogen functional groups attached to an aromatic ring is 1. The molecule has 1 aliphatic rings. The van der Waals surface area contributed by atoms with Crippen molar-refractivity contribution in [2.45, 2.75) is 38.0 Å². The molecule has 72 valence electrons. The van der Waals surface area contributed by atoms with Crippen molar-refractivity contribution in [3.63, 3.8) is 0 Å². The Morgan fingerprint density at radius 3 is 2.69 bits per heavy atom. The molecule has 0 atom stereocenters. The van der Waals surface area contributed by atoms with Crippen molar-refractivity contribution in [1.82, 2.24) is 10.2 Å². The highest BCUT2D eigenvalue weighted by molar-refractivity contribution is 5.37. The second kappa shape index (κ2) is 2.72. The topological polar surface area (TPSA) is 54.7 Å². The van der Waals surface area contributed by atoms with Gasteiger partial charge in [-0.3, -0.25) is 5.10 Å². The lowest BCUT2D eigenvalue weighted by Gasteiger charge is -2.10. The first kappa shape index (κ1) is 8.53. The van der Waals surface area contributed by atoms with Crippen LogP contribution in [-0.2, 0) is 5.41 Å². The van der Waals surface area contributed by atoms with Gasteiger partial charge in [0, 0.05) is 5.41 Å². The van der Waals surface area contributed by atoms with Crippen molar-refractivity contribution in [2.75, 3.05) is 5.73 Å². The Balaban J connectivity index is 2.30. The van der Waals surface area contributed by atoms with Crippen molar-refractivity contribution in [1.29, 1.82) is 0 Å². The zero-order chi connectivity index (χ0) is 9.47. The second-order valence-corrected chi connectivity index (χ2v) is 3.83. The largest absolute Gasteiger partial charge is 0.380 e. The van der Waals surface area contributed by atoms with E-state index in [-0.39, 0.29) is 17.1 Å². The SMILES string of the molecule is CCCC1(c2[nH]nc(N)c2F)CC1. The lowest BCUT2D eigenvalue weighted by molar-refractivity contribution is 0.533. The van der Waals surface area contributed by atoms with Gasteiger partial charge in [-0.15, -0.1) is 0 Å². The summed E-state index contributed by atoms with van der Waals surface area (Å²) in [6, 6.07) is 0. The molecule has 1 fully saturated rings. The monoisotopic (exact) mass is 183 g/mol. The van der Waals surface area contributed by atoms with Crippen LogP contribution in [0.25, 0.3) is 0 Å². The zero-order valence-electron chi connectivity index (χ0n) is 7.73. The molecule has 4 heteroatoms.